The predicted octanol–water partition coefficient (Wildman–Crippen LogP) is 3.94. The van der Waals surface area contributed by atoms with Gasteiger partial charge in [0.2, 0.25) is 5.91 Å². The molecule has 1 saturated heterocycles. The van der Waals surface area contributed by atoms with Crippen LogP contribution in [0.5, 0.6) is 0 Å². The first-order valence-electron chi connectivity index (χ1n) is 9.35. The van der Waals surface area contributed by atoms with Crippen LogP contribution in [0.25, 0.3) is 6.08 Å². The quantitative estimate of drug-likeness (QED) is 0.339. The van der Waals surface area contributed by atoms with Gasteiger partial charge in [-0.15, -0.1) is 0 Å². The zero-order valence-corrected chi connectivity index (χ0v) is 18.3. The number of hydrogen-bond acceptors (Lipinski definition) is 5. The lowest BCUT2D eigenvalue weighted by Gasteiger charge is -2.19. The summed E-state index contributed by atoms with van der Waals surface area (Å²) in [7, 11) is 0. The van der Waals surface area contributed by atoms with Gasteiger partial charge in [-0.05, 0) is 43.5 Å². The van der Waals surface area contributed by atoms with Crippen LogP contribution in [0.3, 0.4) is 0 Å². The third-order valence-corrected chi connectivity index (χ3v) is 6.05. The summed E-state index contributed by atoms with van der Waals surface area (Å²) < 4.78 is 0.571. The van der Waals surface area contributed by atoms with E-state index in [1.165, 1.54) is 11.8 Å². The molecule has 0 saturated carbocycles. The molecule has 0 atom stereocenters. The summed E-state index contributed by atoms with van der Waals surface area (Å²) in [6.07, 6.45) is 4.68. The molecule has 152 valence electrons. The smallest absolute Gasteiger partial charge is 0.266 e. The number of likely N-dealkylation sites (N-methyl/N-ethyl adjacent to an activating group) is 1. The van der Waals surface area contributed by atoms with Crippen LogP contribution >= 0.6 is 35.6 Å². The SMILES string of the molecule is CCN(CCO)C(=O)CCCCCN1C(=O)C(=Cc2ccc(Cl)cc2)SC1=S. The molecule has 0 aromatic heterocycles. The average Bonchev–Trinajstić information content (AvgIpc) is 2.94. The van der Waals surface area contributed by atoms with Crippen LogP contribution < -0.4 is 0 Å². The van der Waals surface area contributed by atoms with Gasteiger partial charge in [0.15, 0.2) is 0 Å². The Hall–Kier alpha value is -1.41. The van der Waals surface area contributed by atoms with Crippen LogP contribution in [0.1, 0.15) is 38.2 Å². The number of aliphatic hydroxyl groups excluding tert-OH is 1. The van der Waals surface area contributed by atoms with Crippen molar-refractivity contribution in [1.29, 1.82) is 0 Å². The van der Waals surface area contributed by atoms with E-state index in [0.29, 0.717) is 40.3 Å². The standard InChI is InChI=1S/C20H25ClN2O3S2/c1-2-22(12-13-24)18(25)6-4-3-5-11-23-19(26)17(28-20(23)27)14-15-7-9-16(21)10-8-15/h7-10,14,24H,2-6,11-13H2,1H3. The molecular weight excluding hydrogens is 416 g/mol. The van der Waals surface area contributed by atoms with Gasteiger partial charge < -0.3 is 10.0 Å². The number of unbranched alkanes of at least 4 members (excludes halogenated alkanes) is 2. The second-order valence-electron chi connectivity index (χ2n) is 6.39. The maximum atomic E-state index is 12.6. The number of hydrogen-bond donors (Lipinski definition) is 1. The fourth-order valence-electron chi connectivity index (χ4n) is 2.86. The monoisotopic (exact) mass is 440 g/mol. The molecule has 1 N–H and O–H groups in total. The van der Waals surface area contributed by atoms with E-state index in [-0.39, 0.29) is 18.4 Å². The highest BCUT2D eigenvalue weighted by atomic mass is 35.5. The van der Waals surface area contributed by atoms with Gasteiger partial charge in [0, 0.05) is 31.1 Å². The molecule has 1 aliphatic rings. The Morgan fingerprint density at radius 2 is 2.00 bits per heavy atom. The average molecular weight is 441 g/mol. The summed E-state index contributed by atoms with van der Waals surface area (Å²) in [6, 6.07) is 7.30. The van der Waals surface area contributed by atoms with Gasteiger partial charge in [-0.3, -0.25) is 14.5 Å². The maximum absolute atomic E-state index is 12.6. The summed E-state index contributed by atoms with van der Waals surface area (Å²) in [4.78, 5) is 28.5. The predicted molar refractivity (Wildman–Crippen MR) is 119 cm³/mol. The van der Waals surface area contributed by atoms with Crippen LogP contribution in [0.15, 0.2) is 29.2 Å². The molecule has 28 heavy (non-hydrogen) atoms. The van der Waals surface area contributed by atoms with E-state index in [4.69, 9.17) is 28.9 Å². The number of thioether (sulfide) groups is 1. The van der Waals surface area contributed by atoms with Crippen LogP contribution in [0.4, 0.5) is 0 Å². The zero-order chi connectivity index (χ0) is 20.5. The Balaban J connectivity index is 1.78. The molecule has 2 amide bonds. The molecule has 1 fully saturated rings. The number of benzene rings is 1. The maximum Gasteiger partial charge on any atom is 0.266 e. The molecule has 0 aliphatic carbocycles. The Morgan fingerprint density at radius 1 is 1.29 bits per heavy atom. The number of halogens is 1. The van der Waals surface area contributed by atoms with Crippen LogP contribution in [-0.2, 0) is 9.59 Å². The molecule has 0 spiro atoms. The van der Waals surface area contributed by atoms with Crippen LogP contribution in [0, 0.1) is 0 Å². The molecule has 0 bridgehead atoms. The fourth-order valence-corrected chi connectivity index (χ4v) is 4.30. The highest BCUT2D eigenvalue weighted by Crippen LogP contribution is 2.32. The van der Waals surface area contributed by atoms with Gasteiger partial charge in [-0.1, -0.05) is 54.1 Å². The third-order valence-electron chi connectivity index (χ3n) is 4.42. The normalized spacial score (nSPS) is 15.5. The van der Waals surface area contributed by atoms with Crippen molar-refractivity contribution in [1.82, 2.24) is 9.80 Å². The number of carbonyl (C=O) groups is 2. The number of aliphatic hydroxyl groups is 1. The molecule has 1 aromatic carbocycles. The van der Waals surface area contributed by atoms with E-state index >= 15 is 0 Å². The molecule has 0 unspecified atom stereocenters. The first-order valence-corrected chi connectivity index (χ1v) is 11.0. The molecule has 0 radical (unpaired) electrons. The van der Waals surface area contributed by atoms with Gasteiger partial charge >= 0.3 is 0 Å². The van der Waals surface area contributed by atoms with Crippen molar-refractivity contribution in [3.05, 3.63) is 39.8 Å². The lowest BCUT2D eigenvalue weighted by molar-refractivity contribution is -0.131. The van der Waals surface area contributed by atoms with E-state index in [2.05, 4.69) is 0 Å². The van der Waals surface area contributed by atoms with Crippen LogP contribution in [-0.4, -0.2) is 57.3 Å². The van der Waals surface area contributed by atoms with Crippen molar-refractivity contribution in [3.63, 3.8) is 0 Å². The topological polar surface area (TPSA) is 60.9 Å². The minimum atomic E-state index is -0.0684. The van der Waals surface area contributed by atoms with Gasteiger partial charge in [-0.2, -0.15) is 0 Å². The van der Waals surface area contributed by atoms with E-state index in [1.807, 2.05) is 25.1 Å². The zero-order valence-electron chi connectivity index (χ0n) is 15.9. The van der Waals surface area contributed by atoms with Gasteiger partial charge in [0.25, 0.3) is 5.91 Å². The molecule has 5 nitrogen and oxygen atoms in total. The molecule has 2 rings (SSSR count). The van der Waals surface area contributed by atoms with Crippen molar-refractivity contribution in [3.8, 4) is 0 Å². The summed E-state index contributed by atoms with van der Waals surface area (Å²) in [6.45, 7) is 3.44. The second-order valence-corrected chi connectivity index (χ2v) is 8.50. The summed E-state index contributed by atoms with van der Waals surface area (Å²) in [5, 5.41) is 9.62. The van der Waals surface area contributed by atoms with Gasteiger partial charge in [-0.25, -0.2) is 0 Å². The number of carbonyl (C=O) groups excluding carboxylic acids is 2. The lowest BCUT2D eigenvalue weighted by Crippen LogP contribution is -2.33. The molecule has 1 aromatic rings. The largest absolute Gasteiger partial charge is 0.395 e. The number of rotatable bonds is 10. The van der Waals surface area contributed by atoms with E-state index in [1.54, 1.807) is 21.9 Å². The fraction of sp³-hybridized carbons (Fsp3) is 0.450. The van der Waals surface area contributed by atoms with Gasteiger partial charge in [0.05, 0.1) is 11.5 Å². The number of nitrogens with zero attached hydrogens (tertiary/aromatic N) is 2. The van der Waals surface area contributed by atoms with Crippen molar-refractivity contribution in [2.24, 2.45) is 0 Å². The van der Waals surface area contributed by atoms with Crippen molar-refractivity contribution >= 4 is 57.8 Å². The summed E-state index contributed by atoms with van der Waals surface area (Å²) in [5.41, 5.74) is 0.909. The summed E-state index contributed by atoms with van der Waals surface area (Å²) >= 11 is 12.6. The lowest BCUT2D eigenvalue weighted by atomic mass is 10.1. The van der Waals surface area contributed by atoms with E-state index in [9.17, 15) is 9.59 Å². The third kappa shape index (κ3) is 6.58. The Labute approximate surface area is 180 Å². The highest BCUT2D eigenvalue weighted by molar-refractivity contribution is 8.26. The van der Waals surface area contributed by atoms with Crippen molar-refractivity contribution in [2.45, 2.75) is 32.6 Å². The highest BCUT2D eigenvalue weighted by Gasteiger charge is 2.31. The first kappa shape index (κ1) is 22.9. The van der Waals surface area contributed by atoms with E-state index in [0.717, 1.165) is 24.8 Å². The Morgan fingerprint density at radius 3 is 2.64 bits per heavy atom. The Kier molecular flexibility index (Phi) is 9.44. The van der Waals surface area contributed by atoms with Crippen molar-refractivity contribution < 1.29 is 14.7 Å². The van der Waals surface area contributed by atoms with Crippen LogP contribution in [0.2, 0.25) is 5.02 Å². The molecular formula is C20H25ClN2O3S2. The molecule has 8 heteroatoms. The van der Waals surface area contributed by atoms with Crippen molar-refractivity contribution in [2.75, 3.05) is 26.2 Å². The minimum absolute atomic E-state index is 0.0162. The number of amides is 2. The summed E-state index contributed by atoms with van der Waals surface area (Å²) in [5.74, 6) is -0.00538. The molecule has 1 aliphatic heterocycles. The number of thiocarbonyl (C=S) groups is 1. The Bertz CT molecular complexity index is 737. The molecule has 1 heterocycles. The minimum Gasteiger partial charge on any atom is -0.395 e. The second kappa shape index (κ2) is 11.6. The first-order chi connectivity index (χ1) is 13.5. The van der Waals surface area contributed by atoms with Gasteiger partial charge in [0.1, 0.15) is 4.32 Å². The van der Waals surface area contributed by atoms with E-state index < -0.39 is 0 Å².